The summed E-state index contributed by atoms with van der Waals surface area (Å²) in [5, 5.41) is 3.45. The first-order chi connectivity index (χ1) is 14.1. The Morgan fingerprint density at radius 3 is 2.55 bits per heavy atom. The van der Waals surface area contributed by atoms with Gasteiger partial charge in [-0.05, 0) is 31.9 Å². The van der Waals surface area contributed by atoms with Gasteiger partial charge in [0.1, 0.15) is 5.58 Å². The molecule has 0 unspecified atom stereocenters. The van der Waals surface area contributed by atoms with Gasteiger partial charge in [-0.3, -0.25) is 9.59 Å². The molecule has 0 spiro atoms. The molecule has 1 amide bonds. The second-order valence-electron chi connectivity index (χ2n) is 7.64. The van der Waals surface area contributed by atoms with Gasteiger partial charge in [-0.2, -0.15) is 0 Å². The van der Waals surface area contributed by atoms with E-state index in [9.17, 15) is 9.59 Å². The Bertz CT molecular complexity index is 1060. The predicted molar refractivity (Wildman–Crippen MR) is 113 cm³/mol. The van der Waals surface area contributed by atoms with Crippen LogP contribution < -0.4 is 15.5 Å². The highest BCUT2D eigenvalue weighted by atomic mass is 16.5. The van der Waals surface area contributed by atoms with Crippen molar-refractivity contribution in [3.63, 3.8) is 0 Å². The van der Waals surface area contributed by atoms with Crippen LogP contribution in [-0.2, 0) is 4.79 Å². The molecule has 150 valence electrons. The van der Waals surface area contributed by atoms with E-state index in [0.717, 1.165) is 36.8 Å². The Hall–Kier alpha value is -3.08. The molecule has 1 aliphatic rings. The third kappa shape index (κ3) is 4.34. The van der Waals surface area contributed by atoms with Gasteiger partial charge in [-0.15, -0.1) is 0 Å². The van der Waals surface area contributed by atoms with Crippen LogP contribution >= 0.6 is 0 Å². The number of carbonyl (C=O) groups is 1. The van der Waals surface area contributed by atoms with Crippen LogP contribution in [0.4, 0.5) is 0 Å². The van der Waals surface area contributed by atoms with Gasteiger partial charge in [0.25, 0.3) is 5.91 Å². The van der Waals surface area contributed by atoms with Gasteiger partial charge in [0, 0.05) is 11.6 Å². The summed E-state index contributed by atoms with van der Waals surface area (Å²) in [5.74, 6) is 0.213. The zero-order valence-corrected chi connectivity index (χ0v) is 16.6. The molecule has 0 saturated heterocycles. The van der Waals surface area contributed by atoms with Gasteiger partial charge < -0.3 is 14.5 Å². The Morgan fingerprint density at radius 1 is 1.07 bits per heavy atom. The van der Waals surface area contributed by atoms with E-state index in [1.54, 1.807) is 18.2 Å². The van der Waals surface area contributed by atoms with Crippen LogP contribution in [0, 0.1) is 6.92 Å². The first kappa shape index (κ1) is 19.2. The molecule has 0 bridgehead atoms. The summed E-state index contributed by atoms with van der Waals surface area (Å²) >= 11 is 0. The number of rotatable bonds is 5. The molecular weight excluding hydrogens is 366 g/mol. The average molecular weight is 391 g/mol. The van der Waals surface area contributed by atoms with Crippen LogP contribution in [0.15, 0.2) is 57.7 Å². The van der Waals surface area contributed by atoms with Crippen molar-refractivity contribution >= 4 is 16.9 Å². The Morgan fingerprint density at radius 2 is 1.79 bits per heavy atom. The number of hydrogen-bond acceptors (Lipinski definition) is 4. The fraction of sp³-hybridized carbons (Fsp3) is 0.333. The van der Waals surface area contributed by atoms with Crippen molar-refractivity contribution in [2.24, 2.45) is 0 Å². The highest BCUT2D eigenvalue weighted by molar-refractivity contribution is 5.83. The fourth-order valence-corrected chi connectivity index (χ4v) is 3.80. The molecule has 3 aromatic rings. The minimum Gasteiger partial charge on any atom is -0.476 e. The second-order valence-corrected chi connectivity index (χ2v) is 7.64. The molecule has 1 heterocycles. The highest BCUT2D eigenvalue weighted by Gasteiger charge is 2.20. The topological polar surface area (TPSA) is 68.5 Å². The summed E-state index contributed by atoms with van der Waals surface area (Å²) in [7, 11) is 0. The zero-order valence-electron chi connectivity index (χ0n) is 16.6. The molecule has 1 fully saturated rings. The van der Waals surface area contributed by atoms with Gasteiger partial charge in [0.2, 0.25) is 11.2 Å². The lowest BCUT2D eigenvalue weighted by Gasteiger charge is -2.22. The third-order valence-electron chi connectivity index (χ3n) is 5.39. The standard InChI is InChI=1S/C24H25NO4/c1-16-11-13-17(14-12-16)23-24(22(27)19-9-5-6-10-20(19)29-23)28-15-21(26)25-18-7-3-2-4-8-18/h5-6,9-14,18H,2-4,7-8,15H2,1H3,(H,25,26). The van der Waals surface area contributed by atoms with E-state index in [4.69, 9.17) is 9.15 Å². The van der Waals surface area contributed by atoms with Crippen LogP contribution in [0.25, 0.3) is 22.3 Å². The minimum absolute atomic E-state index is 0.0753. The van der Waals surface area contributed by atoms with Gasteiger partial charge >= 0.3 is 0 Å². The highest BCUT2D eigenvalue weighted by Crippen LogP contribution is 2.31. The predicted octanol–water partition coefficient (Wildman–Crippen LogP) is 4.60. The van der Waals surface area contributed by atoms with E-state index < -0.39 is 0 Å². The first-order valence-electron chi connectivity index (χ1n) is 10.2. The van der Waals surface area contributed by atoms with E-state index in [0.29, 0.717) is 16.7 Å². The van der Waals surface area contributed by atoms with Crippen molar-refractivity contribution in [3.8, 4) is 17.1 Å². The maximum Gasteiger partial charge on any atom is 0.258 e. The van der Waals surface area contributed by atoms with Crippen molar-refractivity contribution in [1.82, 2.24) is 5.32 Å². The van der Waals surface area contributed by atoms with Crippen molar-refractivity contribution in [3.05, 3.63) is 64.3 Å². The van der Waals surface area contributed by atoms with Crippen LogP contribution in [0.5, 0.6) is 5.75 Å². The molecule has 1 N–H and O–H groups in total. The van der Waals surface area contributed by atoms with Crippen LogP contribution in [0.3, 0.4) is 0 Å². The molecule has 5 heteroatoms. The van der Waals surface area contributed by atoms with Gasteiger partial charge in [-0.25, -0.2) is 0 Å². The van der Waals surface area contributed by atoms with Crippen molar-refractivity contribution in [1.29, 1.82) is 0 Å². The zero-order chi connectivity index (χ0) is 20.2. The maximum atomic E-state index is 13.1. The van der Waals surface area contributed by atoms with E-state index in [1.807, 2.05) is 37.3 Å². The molecule has 1 aromatic heterocycles. The Balaban J connectivity index is 1.63. The van der Waals surface area contributed by atoms with E-state index in [1.165, 1.54) is 6.42 Å². The van der Waals surface area contributed by atoms with Gasteiger partial charge in [-0.1, -0.05) is 61.2 Å². The third-order valence-corrected chi connectivity index (χ3v) is 5.39. The Kier molecular flexibility index (Phi) is 5.65. The molecular formula is C24H25NO4. The normalized spacial score (nSPS) is 14.7. The first-order valence-corrected chi connectivity index (χ1v) is 10.2. The second kappa shape index (κ2) is 8.52. The molecule has 4 rings (SSSR count). The summed E-state index contributed by atoms with van der Waals surface area (Å²) < 4.78 is 11.8. The molecule has 5 nitrogen and oxygen atoms in total. The number of ether oxygens (including phenoxy) is 1. The number of fused-ring (bicyclic) bond motifs is 1. The van der Waals surface area contributed by atoms with Crippen molar-refractivity contribution < 1.29 is 13.9 Å². The fourth-order valence-electron chi connectivity index (χ4n) is 3.80. The smallest absolute Gasteiger partial charge is 0.258 e. The number of nitrogens with one attached hydrogen (secondary N) is 1. The SMILES string of the molecule is Cc1ccc(-c2oc3ccccc3c(=O)c2OCC(=O)NC2CCCCC2)cc1. The molecule has 0 aliphatic heterocycles. The molecule has 0 atom stereocenters. The number of aryl methyl sites for hydroxylation is 1. The number of amides is 1. The molecule has 1 saturated carbocycles. The quantitative estimate of drug-likeness (QED) is 0.690. The maximum absolute atomic E-state index is 13.1. The average Bonchev–Trinajstić information content (AvgIpc) is 2.74. The summed E-state index contributed by atoms with van der Waals surface area (Å²) in [6.07, 6.45) is 5.49. The number of carbonyl (C=O) groups excluding carboxylic acids is 1. The van der Waals surface area contributed by atoms with Crippen LogP contribution in [0.1, 0.15) is 37.7 Å². The van der Waals surface area contributed by atoms with Crippen molar-refractivity contribution in [2.75, 3.05) is 6.61 Å². The summed E-state index contributed by atoms with van der Waals surface area (Å²) in [4.78, 5) is 25.5. The molecule has 0 radical (unpaired) electrons. The van der Waals surface area contributed by atoms with E-state index in [-0.39, 0.29) is 29.7 Å². The van der Waals surface area contributed by atoms with E-state index >= 15 is 0 Å². The van der Waals surface area contributed by atoms with Crippen LogP contribution in [-0.4, -0.2) is 18.6 Å². The Labute approximate surface area is 169 Å². The lowest BCUT2D eigenvalue weighted by Crippen LogP contribution is -2.39. The monoisotopic (exact) mass is 391 g/mol. The number of hydrogen-bond donors (Lipinski definition) is 1. The van der Waals surface area contributed by atoms with Crippen LogP contribution in [0.2, 0.25) is 0 Å². The summed E-state index contributed by atoms with van der Waals surface area (Å²) in [6, 6.07) is 14.9. The summed E-state index contributed by atoms with van der Waals surface area (Å²) in [6.45, 7) is 1.78. The molecule has 1 aliphatic carbocycles. The largest absolute Gasteiger partial charge is 0.476 e. The van der Waals surface area contributed by atoms with E-state index in [2.05, 4.69) is 5.32 Å². The lowest BCUT2D eigenvalue weighted by molar-refractivity contribution is -0.124. The van der Waals surface area contributed by atoms with Gasteiger partial charge in [0.05, 0.1) is 5.39 Å². The van der Waals surface area contributed by atoms with Gasteiger partial charge in [0.15, 0.2) is 12.4 Å². The summed E-state index contributed by atoms with van der Waals surface area (Å²) in [5.41, 5.74) is 2.06. The minimum atomic E-state index is -0.270. The van der Waals surface area contributed by atoms with Crippen molar-refractivity contribution in [2.45, 2.75) is 45.1 Å². The lowest BCUT2D eigenvalue weighted by atomic mass is 9.95. The molecule has 29 heavy (non-hydrogen) atoms. The number of benzene rings is 2. The molecule has 2 aromatic carbocycles. The number of para-hydroxylation sites is 1.